The highest BCUT2D eigenvalue weighted by molar-refractivity contribution is 7.99. The van der Waals surface area contributed by atoms with Crippen LogP contribution in [0.3, 0.4) is 0 Å². The van der Waals surface area contributed by atoms with E-state index in [9.17, 15) is 0 Å². The lowest BCUT2D eigenvalue weighted by molar-refractivity contribution is 0.100. The molecule has 2 N–H and O–H groups in total. The number of rotatable bonds is 2. The normalized spacial score (nSPS) is 29.2. The van der Waals surface area contributed by atoms with E-state index >= 15 is 0 Å². The smallest absolute Gasteiger partial charge is 0.0429 e. The molecule has 3 rings (SSSR count). The fourth-order valence-corrected chi connectivity index (χ4v) is 4.36. The van der Waals surface area contributed by atoms with Gasteiger partial charge in [0.25, 0.3) is 0 Å². The predicted molar refractivity (Wildman–Crippen MR) is 74.0 cm³/mol. The van der Waals surface area contributed by atoms with Crippen LogP contribution in [0.2, 0.25) is 0 Å². The Morgan fingerprint density at radius 1 is 1.24 bits per heavy atom. The highest BCUT2D eigenvalue weighted by atomic mass is 32.2. The van der Waals surface area contributed by atoms with Crippen molar-refractivity contribution in [2.45, 2.75) is 31.5 Å². The molecule has 0 aliphatic carbocycles. The van der Waals surface area contributed by atoms with Gasteiger partial charge in [0, 0.05) is 30.9 Å². The minimum absolute atomic E-state index is 0.252. The molecule has 0 saturated carbocycles. The first-order valence-corrected chi connectivity index (χ1v) is 7.59. The third-order valence-electron chi connectivity index (χ3n) is 4.19. The monoisotopic (exact) mass is 248 g/mol. The molecule has 1 atom stereocenters. The Kier molecular flexibility index (Phi) is 3.16. The fraction of sp³-hybridized carbons (Fsp3) is 0.571. The molecule has 0 aromatic heterocycles. The van der Waals surface area contributed by atoms with Crippen molar-refractivity contribution < 1.29 is 0 Å². The van der Waals surface area contributed by atoms with Gasteiger partial charge in [-0.2, -0.15) is 11.8 Å². The first-order chi connectivity index (χ1) is 8.34. The van der Waals surface area contributed by atoms with E-state index in [1.54, 1.807) is 0 Å². The summed E-state index contributed by atoms with van der Waals surface area (Å²) in [7, 11) is 0. The summed E-state index contributed by atoms with van der Waals surface area (Å²) in [6.45, 7) is 2.98. The molecule has 0 spiro atoms. The lowest BCUT2D eigenvalue weighted by Gasteiger charge is -2.43. The molecule has 92 valence electrons. The number of nitrogens with two attached hydrogens (primary N) is 1. The van der Waals surface area contributed by atoms with Crippen molar-refractivity contribution in [1.82, 2.24) is 4.90 Å². The average Bonchev–Trinajstić information content (AvgIpc) is 2.84. The topological polar surface area (TPSA) is 29.3 Å². The Labute approximate surface area is 108 Å². The number of benzene rings is 1. The molecule has 0 radical (unpaired) electrons. The Morgan fingerprint density at radius 3 is 2.47 bits per heavy atom. The van der Waals surface area contributed by atoms with E-state index in [4.69, 9.17) is 5.73 Å². The Morgan fingerprint density at radius 2 is 1.94 bits per heavy atom. The second-order valence-electron chi connectivity index (χ2n) is 5.21. The Hall–Kier alpha value is -0.510. The highest BCUT2D eigenvalue weighted by Gasteiger charge is 2.39. The van der Waals surface area contributed by atoms with Crippen molar-refractivity contribution in [3.8, 4) is 0 Å². The molecular weight excluding hydrogens is 228 g/mol. The molecule has 1 saturated heterocycles. The SMILES string of the molecule is NCC1(N2Cc3ccccc3C2)CCCSC1. The van der Waals surface area contributed by atoms with Crippen LogP contribution in [0.1, 0.15) is 24.0 Å². The van der Waals surface area contributed by atoms with E-state index in [1.807, 2.05) is 0 Å². The van der Waals surface area contributed by atoms with Crippen molar-refractivity contribution >= 4 is 11.8 Å². The molecule has 3 heteroatoms. The number of thioether (sulfide) groups is 1. The van der Waals surface area contributed by atoms with Gasteiger partial charge in [-0.05, 0) is 29.7 Å². The molecule has 0 bridgehead atoms. The van der Waals surface area contributed by atoms with Crippen molar-refractivity contribution in [2.24, 2.45) is 5.73 Å². The fourth-order valence-electron chi connectivity index (χ4n) is 3.05. The van der Waals surface area contributed by atoms with Crippen molar-refractivity contribution in [2.75, 3.05) is 18.1 Å². The summed E-state index contributed by atoms with van der Waals surface area (Å²) >= 11 is 2.07. The summed E-state index contributed by atoms with van der Waals surface area (Å²) < 4.78 is 0. The van der Waals surface area contributed by atoms with Crippen LogP contribution in [-0.4, -0.2) is 28.5 Å². The Bertz CT molecular complexity index is 374. The molecule has 1 aromatic carbocycles. The maximum Gasteiger partial charge on any atom is 0.0429 e. The van der Waals surface area contributed by atoms with E-state index in [0.717, 1.165) is 19.6 Å². The van der Waals surface area contributed by atoms with Gasteiger partial charge >= 0.3 is 0 Å². The zero-order chi connectivity index (χ0) is 11.7. The van der Waals surface area contributed by atoms with Crippen LogP contribution in [0, 0.1) is 0 Å². The first-order valence-electron chi connectivity index (χ1n) is 6.44. The van der Waals surface area contributed by atoms with Crippen LogP contribution in [0.25, 0.3) is 0 Å². The van der Waals surface area contributed by atoms with Crippen molar-refractivity contribution in [3.63, 3.8) is 0 Å². The molecule has 2 aliphatic heterocycles. The zero-order valence-electron chi connectivity index (χ0n) is 10.2. The minimum atomic E-state index is 0.252. The van der Waals surface area contributed by atoms with Gasteiger partial charge < -0.3 is 5.73 Å². The lowest BCUT2D eigenvalue weighted by Crippen LogP contribution is -2.55. The van der Waals surface area contributed by atoms with Gasteiger partial charge in [-0.3, -0.25) is 4.90 Å². The minimum Gasteiger partial charge on any atom is -0.329 e. The number of hydrogen-bond acceptors (Lipinski definition) is 3. The summed E-state index contributed by atoms with van der Waals surface area (Å²) in [4.78, 5) is 2.61. The number of nitrogens with zero attached hydrogens (tertiary/aromatic N) is 1. The molecule has 2 aliphatic rings. The van der Waals surface area contributed by atoms with Gasteiger partial charge in [0.05, 0.1) is 0 Å². The average molecular weight is 248 g/mol. The molecular formula is C14H20N2S. The first kappa shape index (κ1) is 11.6. The van der Waals surface area contributed by atoms with Crippen LogP contribution in [-0.2, 0) is 13.1 Å². The summed E-state index contributed by atoms with van der Waals surface area (Å²) in [6.07, 6.45) is 2.58. The number of hydrogen-bond donors (Lipinski definition) is 1. The van der Waals surface area contributed by atoms with Crippen LogP contribution in [0.5, 0.6) is 0 Å². The van der Waals surface area contributed by atoms with Gasteiger partial charge in [0.1, 0.15) is 0 Å². The summed E-state index contributed by atoms with van der Waals surface area (Å²) in [5, 5.41) is 0. The maximum absolute atomic E-state index is 6.10. The van der Waals surface area contributed by atoms with Crippen LogP contribution in [0.15, 0.2) is 24.3 Å². The second-order valence-corrected chi connectivity index (χ2v) is 6.31. The van der Waals surface area contributed by atoms with Crippen LogP contribution < -0.4 is 5.73 Å². The van der Waals surface area contributed by atoms with E-state index in [1.165, 1.54) is 35.5 Å². The molecule has 17 heavy (non-hydrogen) atoms. The van der Waals surface area contributed by atoms with E-state index in [2.05, 4.69) is 40.9 Å². The molecule has 1 fully saturated rings. The Balaban J connectivity index is 1.82. The highest BCUT2D eigenvalue weighted by Crippen LogP contribution is 2.37. The van der Waals surface area contributed by atoms with Crippen LogP contribution >= 0.6 is 11.8 Å². The third-order valence-corrected chi connectivity index (χ3v) is 5.51. The van der Waals surface area contributed by atoms with Gasteiger partial charge in [0.15, 0.2) is 0 Å². The lowest BCUT2D eigenvalue weighted by atomic mass is 9.93. The third kappa shape index (κ3) is 2.01. The van der Waals surface area contributed by atoms with E-state index < -0.39 is 0 Å². The molecule has 2 nitrogen and oxygen atoms in total. The number of fused-ring (bicyclic) bond motifs is 1. The largest absolute Gasteiger partial charge is 0.329 e. The van der Waals surface area contributed by atoms with Gasteiger partial charge in [0.2, 0.25) is 0 Å². The van der Waals surface area contributed by atoms with E-state index in [-0.39, 0.29) is 5.54 Å². The standard InChI is InChI=1S/C14H20N2S/c15-10-14(6-3-7-17-11-14)16-8-12-4-1-2-5-13(12)9-16/h1-2,4-5H,3,6-11,15H2. The quantitative estimate of drug-likeness (QED) is 0.870. The summed E-state index contributed by atoms with van der Waals surface area (Å²) in [6, 6.07) is 8.81. The van der Waals surface area contributed by atoms with Gasteiger partial charge in [-0.15, -0.1) is 0 Å². The van der Waals surface area contributed by atoms with Crippen molar-refractivity contribution in [1.29, 1.82) is 0 Å². The van der Waals surface area contributed by atoms with Gasteiger partial charge in [-0.1, -0.05) is 24.3 Å². The maximum atomic E-state index is 6.10. The predicted octanol–water partition coefficient (Wildman–Crippen LogP) is 2.23. The molecule has 2 heterocycles. The summed E-state index contributed by atoms with van der Waals surface area (Å²) in [5.74, 6) is 2.51. The zero-order valence-corrected chi connectivity index (χ0v) is 11.0. The van der Waals surface area contributed by atoms with E-state index in [0.29, 0.717) is 0 Å². The second kappa shape index (κ2) is 4.63. The molecule has 1 unspecified atom stereocenters. The van der Waals surface area contributed by atoms with Crippen LogP contribution in [0.4, 0.5) is 0 Å². The molecule has 0 amide bonds. The summed E-state index contributed by atoms with van der Waals surface area (Å²) in [5.41, 5.74) is 9.34. The molecule has 1 aromatic rings. The van der Waals surface area contributed by atoms with Gasteiger partial charge in [-0.25, -0.2) is 0 Å². The van der Waals surface area contributed by atoms with Crippen molar-refractivity contribution in [3.05, 3.63) is 35.4 Å².